The van der Waals surface area contributed by atoms with Gasteiger partial charge in [0.25, 0.3) is 0 Å². The Bertz CT molecular complexity index is 574. The molecular weight excluding hydrogens is 265 g/mol. The lowest BCUT2D eigenvalue weighted by atomic mass is 10.1. The lowest BCUT2D eigenvalue weighted by Gasteiger charge is -2.17. The number of anilines is 1. The highest BCUT2D eigenvalue weighted by atomic mass is 35.5. The fraction of sp³-hybridized carbons (Fsp3) is 0.200. The highest BCUT2D eigenvalue weighted by Gasteiger charge is 2.10. The first-order valence-corrected chi connectivity index (χ1v) is 6.33. The van der Waals surface area contributed by atoms with Crippen LogP contribution in [0, 0.1) is 5.82 Å². The molecule has 0 aliphatic rings. The van der Waals surface area contributed by atoms with E-state index in [1.165, 1.54) is 6.07 Å². The second-order valence-corrected chi connectivity index (χ2v) is 4.70. The summed E-state index contributed by atoms with van der Waals surface area (Å²) in [7, 11) is 1.55. The van der Waals surface area contributed by atoms with E-state index in [9.17, 15) is 4.39 Å². The quantitative estimate of drug-likeness (QED) is 0.879. The normalized spacial score (nSPS) is 12.0. The average molecular weight is 280 g/mol. The molecule has 0 aliphatic heterocycles. The van der Waals surface area contributed by atoms with Crippen LogP contribution < -0.4 is 10.1 Å². The fourth-order valence-electron chi connectivity index (χ4n) is 1.83. The minimum atomic E-state index is -0.310. The maximum atomic E-state index is 13.7. The van der Waals surface area contributed by atoms with E-state index in [2.05, 4.69) is 5.32 Å². The van der Waals surface area contributed by atoms with Crippen LogP contribution in [0.4, 0.5) is 10.1 Å². The van der Waals surface area contributed by atoms with Crippen LogP contribution in [0.1, 0.15) is 18.5 Å². The number of nitrogens with one attached hydrogen (secondary N) is 1. The van der Waals surface area contributed by atoms with Gasteiger partial charge in [-0.05, 0) is 36.8 Å². The molecule has 0 radical (unpaired) electrons. The lowest BCUT2D eigenvalue weighted by Crippen LogP contribution is -2.08. The number of benzene rings is 2. The summed E-state index contributed by atoms with van der Waals surface area (Å²) in [5, 5.41) is 3.78. The van der Waals surface area contributed by atoms with Crippen molar-refractivity contribution >= 4 is 17.3 Å². The second kappa shape index (κ2) is 5.93. The van der Waals surface area contributed by atoms with Crippen LogP contribution in [0.25, 0.3) is 0 Å². The molecule has 0 saturated carbocycles. The number of ether oxygens (including phenoxy) is 1. The largest absolute Gasteiger partial charge is 0.497 e. The number of rotatable bonds is 4. The van der Waals surface area contributed by atoms with Gasteiger partial charge in [-0.25, -0.2) is 4.39 Å². The first-order valence-electron chi connectivity index (χ1n) is 5.95. The summed E-state index contributed by atoms with van der Waals surface area (Å²) in [5.74, 6) is 0.303. The third kappa shape index (κ3) is 3.38. The molecule has 0 amide bonds. The van der Waals surface area contributed by atoms with E-state index in [1.54, 1.807) is 19.2 Å². The van der Waals surface area contributed by atoms with Gasteiger partial charge in [0.2, 0.25) is 0 Å². The third-order valence-electron chi connectivity index (χ3n) is 2.89. The Hall–Kier alpha value is -1.74. The molecule has 19 heavy (non-hydrogen) atoms. The van der Waals surface area contributed by atoms with Crippen LogP contribution in [0.3, 0.4) is 0 Å². The Kier molecular flexibility index (Phi) is 4.27. The zero-order chi connectivity index (χ0) is 13.8. The molecule has 4 heteroatoms. The van der Waals surface area contributed by atoms with Crippen molar-refractivity contribution in [2.24, 2.45) is 0 Å². The number of methoxy groups -OCH3 is 1. The molecule has 0 aromatic heterocycles. The van der Waals surface area contributed by atoms with Crippen molar-refractivity contribution < 1.29 is 9.13 Å². The van der Waals surface area contributed by atoms with Gasteiger partial charge in [0.1, 0.15) is 11.6 Å². The molecule has 0 spiro atoms. The topological polar surface area (TPSA) is 21.3 Å². The SMILES string of the molecule is COc1ccc(F)c(NC(C)c2cccc(Cl)c2)c1. The maximum Gasteiger partial charge on any atom is 0.146 e. The van der Waals surface area contributed by atoms with Crippen molar-refractivity contribution in [3.05, 3.63) is 58.9 Å². The fourth-order valence-corrected chi connectivity index (χ4v) is 2.03. The van der Waals surface area contributed by atoms with E-state index in [4.69, 9.17) is 16.3 Å². The summed E-state index contributed by atoms with van der Waals surface area (Å²) in [4.78, 5) is 0. The van der Waals surface area contributed by atoms with Gasteiger partial charge in [-0.3, -0.25) is 0 Å². The van der Waals surface area contributed by atoms with Crippen molar-refractivity contribution in [2.45, 2.75) is 13.0 Å². The van der Waals surface area contributed by atoms with E-state index in [1.807, 2.05) is 31.2 Å². The number of hydrogen-bond acceptors (Lipinski definition) is 2. The minimum Gasteiger partial charge on any atom is -0.497 e. The van der Waals surface area contributed by atoms with E-state index in [-0.39, 0.29) is 11.9 Å². The van der Waals surface area contributed by atoms with Crippen molar-refractivity contribution in [1.82, 2.24) is 0 Å². The summed E-state index contributed by atoms with van der Waals surface area (Å²) in [5.41, 5.74) is 1.40. The van der Waals surface area contributed by atoms with Gasteiger partial charge in [0.05, 0.1) is 12.8 Å². The molecule has 0 saturated heterocycles. The summed E-state index contributed by atoms with van der Waals surface area (Å²) in [6.07, 6.45) is 0. The Morgan fingerprint density at radius 1 is 1.21 bits per heavy atom. The first kappa shape index (κ1) is 13.7. The van der Waals surface area contributed by atoms with Crippen molar-refractivity contribution in [3.63, 3.8) is 0 Å². The molecule has 0 bridgehead atoms. The van der Waals surface area contributed by atoms with Gasteiger partial charge in [0, 0.05) is 17.1 Å². The molecule has 2 rings (SSSR count). The third-order valence-corrected chi connectivity index (χ3v) is 3.13. The van der Waals surface area contributed by atoms with Gasteiger partial charge in [0.15, 0.2) is 0 Å². The molecule has 2 aromatic rings. The zero-order valence-electron chi connectivity index (χ0n) is 10.8. The van der Waals surface area contributed by atoms with Crippen LogP contribution in [0.2, 0.25) is 5.02 Å². The maximum absolute atomic E-state index is 13.7. The Morgan fingerprint density at radius 2 is 2.00 bits per heavy atom. The predicted molar refractivity (Wildman–Crippen MR) is 76.4 cm³/mol. The van der Waals surface area contributed by atoms with Crippen molar-refractivity contribution in [3.8, 4) is 5.75 Å². The number of hydrogen-bond donors (Lipinski definition) is 1. The Morgan fingerprint density at radius 3 is 2.68 bits per heavy atom. The smallest absolute Gasteiger partial charge is 0.146 e. The summed E-state index contributed by atoms with van der Waals surface area (Å²) < 4.78 is 18.8. The molecule has 0 heterocycles. The molecule has 2 aromatic carbocycles. The molecular formula is C15H15ClFNO. The second-order valence-electron chi connectivity index (χ2n) is 4.27. The molecule has 0 fully saturated rings. The predicted octanol–water partition coefficient (Wildman–Crippen LogP) is 4.66. The van der Waals surface area contributed by atoms with E-state index >= 15 is 0 Å². The van der Waals surface area contributed by atoms with Gasteiger partial charge in [-0.1, -0.05) is 23.7 Å². The van der Waals surface area contributed by atoms with Crippen molar-refractivity contribution in [2.75, 3.05) is 12.4 Å². The molecule has 0 aliphatic carbocycles. The Balaban J connectivity index is 2.21. The highest BCUT2D eigenvalue weighted by molar-refractivity contribution is 6.30. The van der Waals surface area contributed by atoms with Gasteiger partial charge in [-0.15, -0.1) is 0 Å². The van der Waals surface area contributed by atoms with Crippen LogP contribution in [-0.2, 0) is 0 Å². The van der Waals surface area contributed by atoms with Crippen LogP contribution in [0.15, 0.2) is 42.5 Å². The summed E-state index contributed by atoms with van der Waals surface area (Å²) in [6.45, 7) is 1.95. The Labute approximate surface area is 117 Å². The lowest BCUT2D eigenvalue weighted by molar-refractivity contribution is 0.414. The van der Waals surface area contributed by atoms with Crippen molar-refractivity contribution in [1.29, 1.82) is 0 Å². The van der Waals surface area contributed by atoms with Gasteiger partial charge in [-0.2, -0.15) is 0 Å². The first-order chi connectivity index (χ1) is 9.10. The highest BCUT2D eigenvalue weighted by Crippen LogP contribution is 2.26. The van der Waals surface area contributed by atoms with Crippen LogP contribution >= 0.6 is 11.6 Å². The molecule has 1 N–H and O–H groups in total. The van der Waals surface area contributed by atoms with E-state index in [0.29, 0.717) is 16.5 Å². The average Bonchev–Trinajstić information content (AvgIpc) is 2.41. The monoisotopic (exact) mass is 279 g/mol. The minimum absolute atomic E-state index is 0.0553. The molecule has 1 unspecified atom stereocenters. The molecule has 100 valence electrons. The van der Waals surface area contributed by atoms with E-state index < -0.39 is 0 Å². The van der Waals surface area contributed by atoms with Gasteiger partial charge >= 0.3 is 0 Å². The standard InChI is InChI=1S/C15H15ClFNO/c1-10(11-4-3-5-12(16)8-11)18-15-9-13(19-2)6-7-14(15)17/h3-10,18H,1-2H3. The van der Waals surface area contributed by atoms with Gasteiger partial charge < -0.3 is 10.1 Å². The molecule has 2 nitrogen and oxygen atoms in total. The number of halogens is 2. The zero-order valence-corrected chi connectivity index (χ0v) is 11.5. The van der Waals surface area contributed by atoms with Crippen LogP contribution in [0.5, 0.6) is 5.75 Å². The molecule has 1 atom stereocenters. The van der Waals surface area contributed by atoms with Crippen LogP contribution in [-0.4, -0.2) is 7.11 Å². The van der Waals surface area contributed by atoms with E-state index in [0.717, 1.165) is 5.56 Å². The summed E-state index contributed by atoms with van der Waals surface area (Å²) in [6, 6.07) is 12.0. The summed E-state index contributed by atoms with van der Waals surface area (Å²) >= 11 is 5.95.